The van der Waals surface area contributed by atoms with E-state index in [0.29, 0.717) is 21.8 Å². The van der Waals surface area contributed by atoms with Crippen molar-refractivity contribution in [2.45, 2.75) is 68.8 Å². The van der Waals surface area contributed by atoms with Crippen LogP contribution >= 0.6 is 23.4 Å². The van der Waals surface area contributed by atoms with E-state index < -0.39 is 16.1 Å². The fourth-order valence-electron chi connectivity index (χ4n) is 4.14. The lowest BCUT2D eigenvalue weighted by atomic mass is 9.87. The van der Waals surface area contributed by atoms with Crippen molar-refractivity contribution in [1.82, 2.24) is 19.5 Å². The Hall–Kier alpha value is -2.65. The number of sulfonamides is 1. The summed E-state index contributed by atoms with van der Waals surface area (Å²) in [5, 5.41) is 10.1. The number of rotatable bonds is 8. The number of thioether (sulfide) groups is 1. The first-order valence-electron chi connectivity index (χ1n) is 12.4. The van der Waals surface area contributed by atoms with Crippen LogP contribution in [0.25, 0.3) is 5.69 Å². The summed E-state index contributed by atoms with van der Waals surface area (Å²) in [5.74, 6) is 1.18. The molecule has 0 aliphatic carbocycles. The number of hydrogen-bond acceptors (Lipinski definition) is 5. The molecule has 1 unspecified atom stereocenters. The molecular weight excluding hydrogens is 536 g/mol. The van der Waals surface area contributed by atoms with Gasteiger partial charge in [-0.2, -0.15) is 0 Å². The number of aromatic nitrogens is 3. The summed E-state index contributed by atoms with van der Waals surface area (Å²) >= 11 is 7.91. The average Bonchev–Trinajstić information content (AvgIpc) is 3.27. The van der Waals surface area contributed by atoms with Gasteiger partial charge in [0.2, 0.25) is 10.0 Å². The van der Waals surface area contributed by atoms with Crippen molar-refractivity contribution in [3.8, 4) is 5.69 Å². The molecule has 1 atom stereocenters. The second-order valence-electron chi connectivity index (χ2n) is 10.5. The minimum absolute atomic E-state index is 0.0687. The molecule has 0 amide bonds. The van der Waals surface area contributed by atoms with Crippen LogP contribution in [0.4, 0.5) is 0 Å². The molecule has 0 bridgehead atoms. The number of hydrogen-bond donors (Lipinski definition) is 1. The molecule has 0 saturated heterocycles. The minimum atomic E-state index is -3.80. The molecule has 0 fully saturated rings. The highest BCUT2D eigenvalue weighted by atomic mass is 35.5. The Kier molecular flexibility index (Phi) is 8.37. The van der Waals surface area contributed by atoms with Crippen molar-refractivity contribution in [3.05, 3.63) is 99.8 Å². The lowest BCUT2D eigenvalue weighted by molar-refractivity contribution is 0.555. The summed E-state index contributed by atoms with van der Waals surface area (Å²) in [6, 6.07) is 20.3. The van der Waals surface area contributed by atoms with Crippen LogP contribution in [0.15, 0.2) is 76.8 Å². The number of nitrogens with one attached hydrogen (secondary N) is 1. The topological polar surface area (TPSA) is 76.9 Å². The molecule has 4 rings (SSSR count). The van der Waals surface area contributed by atoms with E-state index >= 15 is 0 Å². The van der Waals surface area contributed by atoms with Crippen LogP contribution in [0.1, 0.15) is 61.8 Å². The molecule has 1 aromatic heterocycles. The van der Waals surface area contributed by atoms with E-state index in [9.17, 15) is 8.42 Å². The standard InChI is InChI=1S/C29H33ClN4O2S2/c1-19-8-7-9-22(16-19)18-37-28-32-31-27(34(28)26-17-24(30)13-10-20(26)2)21(3)33-38(35,36)25-14-11-23(12-15-25)29(4,5)6/h7-17,21,33H,18H2,1-6H3. The van der Waals surface area contributed by atoms with Gasteiger partial charge in [-0.15, -0.1) is 10.2 Å². The molecule has 6 nitrogen and oxygen atoms in total. The van der Waals surface area contributed by atoms with E-state index in [1.165, 1.54) is 11.1 Å². The Morgan fingerprint density at radius 1 is 1.00 bits per heavy atom. The van der Waals surface area contributed by atoms with Crippen molar-refractivity contribution in [2.24, 2.45) is 0 Å². The molecule has 1 N–H and O–H groups in total. The Balaban J connectivity index is 1.68. The van der Waals surface area contributed by atoms with Crippen LogP contribution in [0.2, 0.25) is 5.02 Å². The Bertz CT molecular complexity index is 1540. The predicted octanol–water partition coefficient (Wildman–Crippen LogP) is 7.17. The van der Waals surface area contributed by atoms with Gasteiger partial charge in [0, 0.05) is 10.8 Å². The van der Waals surface area contributed by atoms with Crippen molar-refractivity contribution >= 4 is 33.4 Å². The lowest BCUT2D eigenvalue weighted by Crippen LogP contribution is -2.29. The van der Waals surface area contributed by atoms with Gasteiger partial charge in [-0.05, 0) is 67.1 Å². The molecule has 38 heavy (non-hydrogen) atoms. The molecule has 0 radical (unpaired) electrons. The van der Waals surface area contributed by atoms with E-state index in [4.69, 9.17) is 11.6 Å². The molecule has 0 aliphatic heterocycles. The number of nitrogens with zero attached hydrogens (tertiary/aromatic N) is 3. The van der Waals surface area contributed by atoms with Crippen LogP contribution in [-0.4, -0.2) is 23.2 Å². The number of aryl methyl sites for hydroxylation is 2. The summed E-state index contributed by atoms with van der Waals surface area (Å²) < 4.78 is 31.3. The molecule has 1 heterocycles. The van der Waals surface area contributed by atoms with Gasteiger partial charge < -0.3 is 0 Å². The molecule has 4 aromatic rings. The monoisotopic (exact) mass is 568 g/mol. The smallest absolute Gasteiger partial charge is 0.241 e. The first-order chi connectivity index (χ1) is 17.8. The highest BCUT2D eigenvalue weighted by molar-refractivity contribution is 7.98. The van der Waals surface area contributed by atoms with Crippen molar-refractivity contribution in [3.63, 3.8) is 0 Å². The van der Waals surface area contributed by atoms with Crippen molar-refractivity contribution in [2.75, 3.05) is 0 Å². The van der Waals surface area contributed by atoms with Gasteiger partial charge in [0.15, 0.2) is 11.0 Å². The second-order valence-corrected chi connectivity index (χ2v) is 13.6. The van der Waals surface area contributed by atoms with Gasteiger partial charge >= 0.3 is 0 Å². The molecule has 200 valence electrons. The quantitative estimate of drug-likeness (QED) is 0.228. The average molecular weight is 569 g/mol. The van der Waals surface area contributed by atoms with Gasteiger partial charge in [0.05, 0.1) is 16.6 Å². The van der Waals surface area contributed by atoms with Crippen LogP contribution in [0, 0.1) is 13.8 Å². The van der Waals surface area contributed by atoms with Gasteiger partial charge in [0.25, 0.3) is 0 Å². The first kappa shape index (κ1) is 28.4. The van der Waals surface area contributed by atoms with Gasteiger partial charge in [-0.1, -0.05) is 92.2 Å². The summed E-state index contributed by atoms with van der Waals surface area (Å²) in [7, 11) is -3.80. The molecule has 0 saturated carbocycles. The van der Waals surface area contributed by atoms with E-state index in [-0.39, 0.29) is 10.3 Å². The maximum atomic E-state index is 13.3. The summed E-state index contributed by atoms with van der Waals surface area (Å²) in [4.78, 5) is 0.205. The normalized spacial score (nSPS) is 13.0. The van der Waals surface area contributed by atoms with Gasteiger partial charge in [0.1, 0.15) is 0 Å². The second kappa shape index (κ2) is 11.2. The third-order valence-electron chi connectivity index (χ3n) is 6.27. The third-order valence-corrected chi connectivity index (χ3v) is 9.06. The Morgan fingerprint density at radius 2 is 1.71 bits per heavy atom. The highest BCUT2D eigenvalue weighted by Gasteiger charge is 2.26. The fourth-order valence-corrected chi connectivity index (χ4v) is 6.40. The zero-order chi connectivity index (χ0) is 27.7. The summed E-state index contributed by atoms with van der Waals surface area (Å²) in [6.07, 6.45) is 0. The Morgan fingerprint density at radius 3 is 2.37 bits per heavy atom. The molecular formula is C29H33ClN4O2S2. The molecule has 0 aliphatic rings. The minimum Gasteiger partial charge on any atom is -0.272 e. The van der Waals surface area contributed by atoms with Crippen LogP contribution in [-0.2, 0) is 21.2 Å². The zero-order valence-electron chi connectivity index (χ0n) is 22.5. The molecule has 0 spiro atoms. The van der Waals surface area contributed by atoms with Crippen LogP contribution in [0.3, 0.4) is 0 Å². The summed E-state index contributed by atoms with van der Waals surface area (Å²) in [5.41, 5.74) is 5.14. The maximum Gasteiger partial charge on any atom is 0.241 e. The van der Waals surface area contributed by atoms with Gasteiger partial charge in [-0.25, -0.2) is 13.1 Å². The van der Waals surface area contributed by atoms with Crippen LogP contribution in [0.5, 0.6) is 0 Å². The van der Waals surface area contributed by atoms with Crippen molar-refractivity contribution in [1.29, 1.82) is 0 Å². The number of benzene rings is 3. The van der Waals surface area contributed by atoms with E-state index in [2.05, 4.69) is 60.8 Å². The highest BCUT2D eigenvalue weighted by Crippen LogP contribution is 2.31. The maximum absolute atomic E-state index is 13.3. The predicted molar refractivity (Wildman–Crippen MR) is 156 cm³/mol. The van der Waals surface area contributed by atoms with Gasteiger partial charge in [-0.3, -0.25) is 4.57 Å². The SMILES string of the molecule is Cc1cccc(CSc2nnc(C(C)NS(=O)(=O)c3ccc(C(C)(C)C)cc3)n2-c2cc(Cl)ccc2C)c1. The Labute approximate surface area is 234 Å². The van der Waals surface area contributed by atoms with Crippen LogP contribution < -0.4 is 4.72 Å². The molecule has 3 aromatic carbocycles. The largest absolute Gasteiger partial charge is 0.272 e. The first-order valence-corrected chi connectivity index (χ1v) is 15.2. The van der Waals surface area contributed by atoms with E-state index in [0.717, 1.165) is 16.8 Å². The van der Waals surface area contributed by atoms with E-state index in [1.54, 1.807) is 30.8 Å². The summed E-state index contributed by atoms with van der Waals surface area (Å²) in [6.45, 7) is 12.1. The van der Waals surface area contributed by atoms with E-state index in [1.807, 2.05) is 47.9 Å². The molecule has 9 heteroatoms. The zero-order valence-corrected chi connectivity index (χ0v) is 24.9. The lowest BCUT2D eigenvalue weighted by Gasteiger charge is -2.20. The number of halogens is 1. The van der Waals surface area contributed by atoms with Crippen molar-refractivity contribution < 1.29 is 8.42 Å². The fraction of sp³-hybridized carbons (Fsp3) is 0.310. The third kappa shape index (κ3) is 6.49.